The number of anilines is 1. The second kappa shape index (κ2) is 8.60. The smallest absolute Gasteiger partial charge is 0.255 e. The van der Waals surface area contributed by atoms with Gasteiger partial charge in [-0.2, -0.15) is 4.31 Å². The maximum Gasteiger partial charge on any atom is 0.255 e. The van der Waals surface area contributed by atoms with Crippen LogP contribution >= 0.6 is 0 Å². The van der Waals surface area contributed by atoms with Crippen molar-refractivity contribution in [2.24, 2.45) is 0 Å². The third-order valence-electron chi connectivity index (χ3n) is 3.73. The number of nitrogens with zero attached hydrogens (tertiary/aromatic N) is 1. The zero-order valence-electron chi connectivity index (χ0n) is 14.7. The number of benzene rings is 2. The Hall–Kier alpha value is -2.70. The summed E-state index contributed by atoms with van der Waals surface area (Å²) in [6.07, 6.45) is 3.04. The summed E-state index contributed by atoms with van der Waals surface area (Å²) in [7, 11) is -3.67. The van der Waals surface area contributed by atoms with E-state index in [1.165, 1.54) is 40.7 Å². The first-order valence-electron chi connectivity index (χ1n) is 8.08. The van der Waals surface area contributed by atoms with E-state index in [4.69, 9.17) is 0 Å². The number of hydrogen-bond donors (Lipinski definition) is 1. The van der Waals surface area contributed by atoms with Crippen molar-refractivity contribution in [2.45, 2.75) is 11.8 Å². The second-order valence-electron chi connectivity index (χ2n) is 5.74. The van der Waals surface area contributed by atoms with Gasteiger partial charge in [0.15, 0.2) is 0 Å². The lowest BCUT2D eigenvalue weighted by molar-refractivity contribution is 0.102. The van der Waals surface area contributed by atoms with Crippen LogP contribution in [0.2, 0.25) is 0 Å². The van der Waals surface area contributed by atoms with Gasteiger partial charge in [-0.3, -0.25) is 4.79 Å². The Labute approximate surface area is 154 Å². The lowest BCUT2D eigenvalue weighted by Gasteiger charge is -2.19. The molecular formula is C20H22N2O3S. The second-order valence-corrected chi connectivity index (χ2v) is 7.68. The molecule has 2 rings (SSSR count). The van der Waals surface area contributed by atoms with Crippen LogP contribution in [0.3, 0.4) is 0 Å². The molecule has 1 amide bonds. The van der Waals surface area contributed by atoms with E-state index >= 15 is 0 Å². The molecule has 0 radical (unpaired) electrons. The van der Waals surface area contributed by atoms with E-state index in [-0.39, 0.29) is 23.9 Å². The number of carbonyl (C=O) groups excluding carboxylic acids is 1. The van der Waals surface area contributed by atoms with Crippen molar-refractivity contribution in [1.29, 1.82) is 0 Å². The third kappa shape index (κ3) is 4.68. The van der Waals surface area contributed by atoms with E-state index < -0.39 is 10.0 Å². The number of amides is 1. The molecule has 5 nitrogen and oxygen atoms in total. The summed E-state index contributed by atoms with van der Waals surface area (Å²) in [6.45, 7) is 9.49. The van der Waals surface area contributed by atoms with Crippen LogP contribution in [0.5, 0.6) is 0 Å². The average molecular weight is 370 g/mol. The zero-order chi connectivity index (χ0) is 19.2. The van der Waals surface area contributed by atoms with E-state index in [9.17, 15) is 13.2 Å². The fraction of sp³-hybridized carbons (Fsp3) is 0.150. The molecule has 0 atom stereocenters. The van der Waals surface area contributed by atoms with Gasteiger partial charge in [-0.15, -0.1) is 13.2 Å². The van der Waals surface area contributed by atoms with Crippen molar-refractivity contribution in [2.75, 3.05) is 18.4 Å². The number of carbonyl (C=O) groups is 1. The highest BCUT2D eigenvalue weighted by Gasteiger charge is 2.22. The Morgan fingerprint density at radius 1 is 1.00 bits per heavy atom. The van der Waals surface area contributed by atoms with Gasteiger partial charge in [0.05, 0.1) is 4.90 Å². The molecular weight excluding hydrogens is 348 g/mol. The van der Waals surface area contributed by atoms with Crippen LogP contribution < -0.4 is 5.32 Å². The molecule has 2 aromatic carbocycles. The molecule has 0 unspecified atom stereocenters. The van der Waals surface area contributed by atoms with Gasteiger partial charge in [-0.1, -0.05) is 29.8 Å². The summed E-state index contributed by atoms with van der Waals surface area (Å²) in [5.74, 6) is -0.299. The fourth-order valence-electron chi connectivity index (χ4n) is 2.33. The number of rotatable bonds is 8. The first kappa shape index (κ1) is 19.6. The molecule has 136 valence electrons. The normalized spacial score (nSPS) is 11.2. The highest BCUT2D eigenvalue weighted by molar-refractivity contribution is 7.89. The molecule has 0 bridgehead atoms. The lowest BCUT2D eigenvalue weighted by Crippen LogP contribution is -2.31. The van der Waals surface area contributed by atoms with Gasteiger partial charge in [0.25, 0.3) is 5.91 Å². The largest absolute Gasteiger partial charge is 0.322 e. The summed E-state index contributed by atoms with van der Waals surface area (Å²) in [4.78, 5) is 12.4. The Bertz CT molecular complexity index is 876. The van der Waals surface area contributed by atoms with Crippen LogP contribution in [0.25, 0.3) is 0 Å². The van der Waals surface area contributed by atoms with Crippen molar-refractivity contribution >= 4 is 21.6 Å². The molecule has 0 fully saturated rings. The first-order valence-corrected chi connectivity index (χ1v) is 9.52. The van der Waals surface area contributed by atoms with Crippen molar-refractivity contribution in [3.05, 3.63) is 85.0 Å². The SMILES string of the molecule is C=CCN(CC=C)S(=O)(=O)c1ccc(C(=O)Nc2ccc(C)cc2)cc1. The Morgan fingerprint density at radius 3 is 2.04 bits per heavy atom. The molecule has 6 heteroatoms. The predicted molar refractivity (Wildman–Crippen MR) is 105 cm³/mol. The van der Waals surface area contributed by atoms with E-state index in [2.05, 4.69) is 18.5 Å². The van der Waals surface area contributed by atoms with Gasteiger partial charge in [0, 0.05) is 24.3 Å². The minimum Gasteiger partial charge on any atom is -0.322 e. The maximum absolute atomic E-state index is 12.6. The molecule has 0 saturated carbocycles. The van der Waals surface area contributed by atoms with E-state index in [1.54, 1.807) is 0 Å². The third-order valence-corrected chi connectivity index (χ3v) is 5.58. The Kier molecular flexibility index (Phi) is 6.49. The molecule has 2 aromatic rings. The van der Waals surface area contributed by atoms with E-state index in [1.807, 2.05) is 31.2 Å². The van der Waals surface area contributed by atoms with Crippen molar-refractivity contribution in [1.82, 2.24) is 4.31 Å². The van der Waals surface area contributed by atoms with Crippen molar-refractivity contribution < 1.29 is 13.2 Å². The van der Waals surface area contributed by atoms with E-state index in [0.29, 0.717) is 11.3 Å². The van der Waals surface area contributed by atoms with Crippen LogP contribution in [-0.4, -0.2) is 31.7 Å². The fourth-order valence-corrected chi connectivity index (χ4v) is 3.71. The highest BCUT2D eigenvalue weighted by atomic mass is 32.2. The summed E-state index contributed by atoms with van der Waals surface area (Å²) in [5, 5.41) is 2.78. The Balaban J connectivity index is 2.18. The average Bonchev–Trinajstić information content (AvgIpc) is 2.63. The summed E-state index contributed by atoms with van der Waals surface area (Å²) in [6, 6.07) is 13.3. The number of aryl methyl sites for hydroxylation is 1. The zero-order valence-corrected chi connectivity index (χ0v) is 15.5. The van der Waals surface area contributed by atoms with Gasteiger partial charge < -0.3 is 5.32 Å². The van der Waals surface area contributed by atoms with Gasteiger partial charge >= 0.3 is 0 Å². The summed E-state index contributed by atoms with van der Waals surface area (Å²) in [5.41, 5.74) is 2.16. The molecule has 0 spiro atoms. The topological polar surface area (TPSA) is 66.5 Å². The van der Waals surface area contributed by atoms with Crippen LogP contribution in [0.15, 0.2) is 78.7 Å². The van der Waals surface area contributed by atoms with Crippen LogP contribution in [0.1, 0.15) is 15.9 Å². The minimum absolute atomic E-state index is 0.119. The molecule has 1 N–H and O–H groups in total. The number of nitrogens with one attached hydrogen (secondary N) is 1. The number of sulfonamides is 1. The summed E-state index contributed by atoms with van der Waals surface area (Å²) >= 11 is 0. The maximum atomic E-state index is 12.6. The van der Waals surface area contributed by atoms with Crippen LogP contribution in [0, 0.1) is 6.92 Å². The number of hydrogen-bond acceptors (Lipinski definition) is 3. The lowest BCUT2D eigenvalue weighted by atomic mass is 10.2. The molecule has 0 aromatic heterocycles. The van der Waals surface area contributed by atoms with Gasteiger partial charge in [-0.25, -0.2) is 8.42 Å². The Morgan fingerprint density at radius 2 is 1.54 bits per heavy atom. The quantitative estimate of drug-likeness (QED) is 0.722. The highest BCUT2D eigenvalue weighted by Crippen LogP contribution is 2.17. The van der Waals surface area contributed by atoms with Crippen molar-refractivity contribution in [3.63, 3.8) is 0 Å². The molecule has 0 aliphatic carbocycles. The molecule has 0 saturated heterocycles. The molecule has 0 heterocycles. The molecule has 0 aliphatic heterocycles. The standard InChI is InChI=1S/C20H22N2O3S/c1-4-14-22(15-5-2)26(24,25)19-12-8-17(9-13-19)20(23)21-18-10-6-16(3)7-11-18/h4-13H,1-2,14-15H2,3H3,(H,21,23). The van der Waals surface area contributed by atoms with Crippen molar-refractivity contribution in [3.8, 4) is 0 Å². The predicted octanol–water partition coefficient (Wildman–Crippen LogP) is 3.61. The van der Waals surface area contributed by atoms with Crippen LogP contribution in [-0.2, 0) is 10.0 Å². The van der Waals surface area contributed by atoms with Gasteiger partial charge in [0.1, 0.15) is 0 Å². The van der Waals surface area contributed by atoms with Gasteiger partial charge in [0.2, 0.25) is 10.0 Å². The first-order chi connectivity index (χ1) is 12.4. The minimum atomic E-state index is -3.67. The van der Waals surface area contributed by atoms with E-state index in [0.717, 1.165) is 5.56 Å². The monoisotopic (exact) mass is 370 g/mol. The van der Waals surface area contributed by atoms with Crippen LogP contribution in [0.4, 0.5) is 5.69 Å². The summed E-state index contributed by atoms with van der Waals surface area (Å²) < 4.78 is 26.6. The molecule has 26 heavy (non-hydrogen) atoms. The molecule has 0 aliphatic rings. The van der Waals surface area contributed by atoms with Gasteiger partial charge in [-0.05, 0) is 43.3 Å².